The van der Waals surface area contributed by atoms with Crippen molar-refractivity contribution in [3.05, 3.63) is 53.5 Å². The standard InChI is InChI=1S/C16H19N5/c1-3-9-17-15-14(10-13-7-5-4-6-8-13)12(2)20-16-18-11-19-21(15)16/h4-8,11,17H,3,9-10H2,1-2H3. The average molecular weight is 281 g/mol. The van der Waals surface area contributed by atoms with E-state index < -0.39 is 0 Å². The zero-order valence-electron chi connectivity index (χ0n) is 12.4. The molecule has 0 unspecified atom stereocenters. The summed E-state index contributed by atoms with van der Waals surface area (Å²) < 4.78 is 1.79. The highest BCUT2D eigenvalue weighted by Gasteiger charge is 2.14. The van der Waals surface area contributed by atoms with Gasteiger partial charge in [0, 0.05) is 24.2 Å². The van der Waals surface area contributed by atoms with Crippen LogP contribution in [0, 0.1) is 6.92 Å². The number of rotatable bonds is 5. The van der Waals surface area contributed by atoms with Crippen molar-refractivity contribution in [2.45, 2.75) is 26.7 Å². The van der Waals surface area contributed by atoms with E-state index in [9.17, 15) is 0 Å². The van der Waals surface area contributed by atoms with Gasteiger partial charge >= 0.3 is 0 Å². The molecule has 0 atom stereocenters. The van der Waals surface area contributed by atoms with Gasteiger partial charge in [0.25, 0.3) is 5.78 Å². The molecule has 108 valence electrons. The Morgan fingerprint density at radius 3 is 2.76 bits per heavy atom. The summed E-state index contributed by atoms with van der Waals surface area (Å²) in [4.78, 5) is 8.75. The van der Waals surface area contributed by atoms with Gasteiger partial charge in [-0.25, -0.2) is 4.98 Å². The van der Waals surface area contributed by atoms with E-state index in [4.69, 9.17) is 0 Å². The van der Waals surface area contributed by atoms with Crippen molar-refractivity contribution < 1.29 is 0 Å². The number of nitrogens with one attached hydrogen (secondary N) is 1. The van der Waals surface area contributed by atoms with Gasteiger partial charge in [-0.3, -0.25) is 0 Å². The molecule has 0 spiro atoms. The Morgan fingerprint density at radius 2 is 2.00 bits per heavy atom. The first kappa shape index (κ1) is 13.5. The molecule has 0 aliphatic rings. The van der Waals surface area contributed by atoms with E-state index in [2.05, 4.69) is 51.6 Å². The first-order valence-electron chi connectivity index (χ1n) is 7.26. The van der Waals surface area contributed by atoms with Crippen molar-refractivity contribution >= 4 is 11.6 Å². The summed E-state index contributed by atoms with van der Waals surface area (Å²) in [6.45, 7) is 5.08. The highest BCUT2D eigenvalue weighted by atomic mass is 15.4. The van der Waals surface area contributed by atoms with Crippen molar-refractivity contribution in [2.75, 3.05) is 11.9 Å². The molecule has 0 saturated carbocycles. The van der Waals surface area contributed by atoms with Gasteiger partial charge < -0.3 is 5.32 Å². The number of aromatic nitrogens is 4. The van der Waals surface area contributed by atoms with Crippen LogP contribution >= 0.6 is 0 Å². The smallest absolute Gasteiger partial charge is 0.254 e. The molecule has 0 saturated heterocycles. The monoisotopic (exact) mass is 281 g/mol. The summed E-state index contributed by atoms with van der Waals surface area (Å²) >= 11 is 0. The predicted molar refractivity (Wildman–Crippen MR) is 83.5 cm³/mol. The molecule has 0 radical (unpaired) electrons. The maximum Gasteiger partial charge on any atom is 0.254 e. The largest absolute Gasteiger partial charge is 0.370 e. The van der Waals surface area contributed by atoms with E-state index >= 15 is 0 Å². The third-order valence-electron chi connectivity index (χ3n) is 3.50. The Labute approximate surface area is 124 Å². The zero-order chi connectivity index (χ0) is 14.7. The first-order valence-corrected chi connectivity index (χ1v) is 7.26. The molecule has 21 heavy (non-hydrogen) atoms. The summed E-state index contributed by atoms with van der Waals surface area (Å²) in [6, 6.07) is 10.4. The van der Waals surface area contributed by atoms with Crippen LogP contribution in [-0.2, 0) is 6.42 Å². The first-order chi connectivity index (χ1) is 10.3. The molecular weight excluding hydrogens is 262 g/mol. The van der Waals surface area contributed by atoms with Crippen LogP contribution in [-0.4, -0.2) is 26.1 Å². The van der Waals surface area contributed by atoms with Crippen LogP contribution in [0.25, 0.3) is 5.78 Å². The molecule has 2 aromatic heterocycles. The molecular formula is C16H19N5. The quantitative estimate of drug-likeness (QED) is 0.781. The Kier molecular flexibility index (Phi) is 3.81. The zero-order valence-corrected chi connectivity index (χ0v) is 12.4. The van der Waals surface area contributed by atoms with Crippen molar-refractivity contribution in [1.29, 1.82) is 0 Å². The summed E-state index contributed by atoms with van der Waals surface area (Å²) in [7, 11) is 0. The van der Waals surface area contributed by atoms with Crippen LogP contribution in [0.15, 0.2) is 36.7 Å². The maximum atomic E-state index is 4.55. The van der Waals surface area contributed by atoms with Gasteiger partial charge in [-0.05, 0) is 18.9 Å². The molecule has 2 heterocycles. The van der Waals surface area contributed by atoms with Crippen LogP contribution in [0.5, 0.6) is 0 Å². The van der Waals surface area contributed by atoms with E-state index in [1.54, 1.807) is 10.8 Å². The minimum atomic E-state index is 0.642. The van der Waals surface area contributed by atoms with Gasteiger partial charge in [0.1, 0.15) is 12.1 Å². The van der Waals surface area contributed by atoms with Gasteiger partial charge in [-0.1, -0.05) is 37.3 Å². The van der Waals surface area contributed by atoms with E-state index in [-0.39, 0.29) is 0 Å². The molecule has 3 rings (SSSR count). The molecule has 5 heteroatoms. The minimum absolute atomic E-state index is 0.642. The van der Waals surface area contributed by atoms with E-state index in [1.165, 1.54) is 11.1 Å². The van der Waals surface area contributed by atoms with Gasteiger partial charge in [0.05, 0.1) is 0 Å². The topological polar surface area (TPSA) is 55.1 Å². The number of fused-ring (bicyclic) bond motifs is 1. The second-order valence-electron chi connectivity index (χ2n) is 5.09. The van der Waals surface area contributed by atoms with Crippen LogP contribution in [0.1, 0.15) is 30.2 Å². The van der Waals surface area contributed by atoms with Crippen molar-refractivity contribution in [3.63, 3.8) is 0 Å². The minimum Gasteiger partial charge on any atom is -0.370 e. The van der Waals surface area contributed by atoms with Crippen LogP contribution in [0.2, 0.25) is 0 Å². The third kappa shape index (κ3) is 2.72. The van der Waals surface area contributed by atoms with E-state index in [0.717, 1.165) is 30.9 Å². The Hall–Kier alpha value is -2.43. The fourth-order valence-corrected chi connectivity index (χ4v) is 2.42. The van der Waals surface area contributed by atoms with Gasteiger partial charge in [0.2, 0.25) is 0 Å². The van der Waals surface area contributed by atoms with Crippen molar-refractivity contribution in [3.8, 4) is 0 Å². The molecule has 5 nitrogen and oxygen atoms in total. The van der Waals surface area contributed by atoms with Crippen LogP contribution in [0.4, 0.5) is 5.82 Å². The summed E-state index contributed by atoms with van der Waals surface area (Å²) in [6.07, 6.45) is 3.44. The Morgan fingerprint density at radius 1 is 1.19 bits per heavy atom. The summed E-state index contributed by atoms with van der Waals surface area (Å²) in [5.41, 5.74) is 3.44. The second-order valence-corrected chi connectivity index (χ2v) is 5.09. The van der Waals surface area contributed by atoms with Gasteiger partial charge in [-0.2, -0.15) is 14.6 Å². The number of nitrogens with zero attached hydrogens (tertiary/aromatic N) is 4. The lowest BCUT2D eigenvalue weighted by Crippen LogP contribution is -2.12. The van der Waals surface area contributed by atoms with Crippen molar-refractivity contribution in [2.24, 2.45) is 0 Å². The molecule has 1 N–H and O–H groups in total. The molecule has 0 aliphatic heterocycles. The lowest BCUT2D eigenvalue weighted by Gasteiger charge is -2.15. The number of hydrogen-bond acceptors (Lipinski definition) is 4. The van der Waals surface area contributed by atoms with Gasteiger partial charge in [0.15, 0.2) is 0 Å². The lowest BCUT2D eigenvalue weighted by atomic mass is 10.0. The fourth-order valence-electron chi connectivity index (χ4n) is 2.42. The molecule has 0 fully saturated rings. The number of aryl methyl sites for hydroxylation is 1. The average Bonchev–Trinajstić information content (AvgIpc) is 2.96. The van der Waals surface area contributed by atoms with E-state index in [1.807, 2.05) is 13.0 Å². The Bertz CT molecular complexity index is 733. The van der Waals surface area contributed by atoms with E-state index in [0.29, 0.717) is 5.78 Å². The highest BCUT2D eigenvalue weighted by Crippen LogP contribution is 2.22. The summed E-state index contributed by atoms with van der Waals surface area (Å²) in [5.74, 6) is 1.64. The Balaban J connectivity index is 2.08. The molecule has 3 aromatic rings. The van der Waals surface area contributed by atoms with Crippen molar-refractivity contribution in [1.82, 2.24) is 19.6 Å². The summed E-state index contributed by atoms with van der Waals surface area (Å²) in [5, 5.41) is 7.77. The fraction of sp³-hybridized carbons (Fsp3) is 0.312. The van der Waals surface area contributed by atoms with Crippen LogP contribution in [0.3, 0.4) is 0 Å². The van der Waals surface area contributed by atoms with Gasteiger partial charge in [-0.15, -0.1) is 0 Å². The maximum absolute atomic E-state index is 4.55. The molecule has 0 bridgehead atoms. The molecule has 0 amide bonds. The second kappa shape index (κ2) is 5.91. The molecule has 1 aromatic carbocycles. The number of hydrogen-bond donors (Lipinski definition) is 1. The number of benzene rings is 1. The third-order valence-corrected chi connectivity index (χ3v) is 3.50. The molecule has 0 aliphatic carbocycles. The normalized spacial score (nSPS) is 11.0. The SMILES string of the molecule is CCCNc1c(Cc2ccccc2)c(C)nc2ncnn12. The predicted octanol–water partition coefficient (Wildman–Crippen LogP) is 2.85. The highest BCUT2D eigenvalue weighted by molar-refractivity contribution is 5.54. The lowest BCUT2D eigenvalue weighted by molar-refractivity contribution is 0.875. The number of anilines is 1. The van der Waals surface area contributed by atoms with Crippen LogP contribution < -0.4 is 5.32 Å².